The maximum Gasteiger partial charge on any atom is 0.0780 e. The van der Waals surface area contributed by atoms with E-state index in [2.05, 4.69) is 79.8 Å². The Hall–Kier alpha value is -0.160. The van der Waals surface area contributed by atoms with Gasteiger partial charge in [0, 0.05) is 0 Å². The lowest BCUT2D eigenvalue weighted by Crippen LogP contribution is -2.35. The van der Waals surface area contributed by atoms with Crippen molar-refractivity contribution in [1.29, 1.82) is 0 Å². The van der Waals surface area contributed by atoms with Crippen molar-refractivity contribution < 1.29 is 8.97 Å². The third kappa shape index (κ3) is 26.7. The highest BCUT2D eigenvalue weighted by molar-refractivity contribution is 4.65. The van der Waals surface area contributed by atoms with Crippen molar-refractivity contribution in [2.24, 2.45) is 11.8 Å². The minimum atomic E-state index is 0.829. The molecule has 0 aliphatic heterocycles. The van der Waals surface area contributed by atoms with Gasteiger partial charge in [-0.25, -0.2) is 0 Å². The monoisotopic (exact) mass is 499 g/mol. The average molecular weight is 499 g/mol. The molecule has 0 saturated carbocycles. The van der Waals surface area contributed by atoms with Gasteiger partial charge in [0.25, 0.3) is 0 Å². The molecule has 0 fully saturated rings. The molecule has 0 aromatic heterocycles. The van der Waals surface area contributed by atoms with Gasteiger partial charge in [-0.2, -0.15) is 0 Å². The second kappa shape index (κ2) is 19.9. The molecule has 0 unspecified atom stereocenters. The Morgan fingerprint density at radius 3 is 1.03 bits per heavy atom. The molecule has 0 aliphatic rings. The molecule has 0 rings (SSSR count). The van der Waals surface area contributed by atoms with Crippen LogP contribution in [0, 0.1) is 11.8 Å². The zero-order chi connectivity index (χ0) is 26.7. The van der Waals surface area contributed by atoms with Crippen LogP contribution in [0.15, 0.2) is 0 Å². The Labute approximate surface area is 223 Å². The highest BCUT2D eigenvalue weighted by Gasteiger charge is 2.11. The maximum atomic E-state index is 2.79. The van der Waals surface area contributed by atoms with Crippen molar-refractivity contribution in [2.75, 3.05) is 94.6 Å². The van der Waals surface area contributed by atoms with Crippen LogP contribution in [0.3, 0.4) is 0 Å². The molecule has 0 N–H and O–H groups in total. The van der Waals surface area contributed by atoms with E-state index in [-0.39, 0.29) is 0 Å². The second-order valence-electron chi connectivity index (χ2n) is 14.3. The molecule has 0 spiro atoms. The first-order valence-electron chi connectivity index (χ1n) is 15.3. The Morgan fingerprint density at radius 2 is 0.714 bits per heavy atom. The van der Waals surface area contributed by atoms with Gasteiger partial charge in [-0.05, 0) is 122 Å². The molecule has 0 atom stereocenters. The molecule has 35 heavy (non-hydrogen) atoms. The van der Waals surface area contributed by atoms with Crippen LogP contribution in [0.4, 0.5) is 0 Å². The van der Waals surface area contributed by atoms with Crippen molar-refractivity contribution in [3.05, 3.63) is 0 Å². The lowest BCUT2D eigenvalue weighted by molar-refractivity contribution is -0.870. The van der Waals surface area contributed by atoms with Gasteiger partial charge < -0.3 is 18.8 Å². The summed E-state index contributed by atoms with van der Waals surface area (Å²) in [4.78, 5) is 5.59. The Bertz CT molecular complexity index is 420. The van der Waals surface area contributed by atoms with Crippen LogP contribution in [0.1, 0.15) is 98.3 Å². The number of unbranched alkanes of at least 4 members (excludes halogenated alkanes) is 4. The van der Waals surface area contributed by atoms with E-state index >= 15 is 0 Å². The average Bonchev–Trinajstić information content (AvgIpc) is 2.70. The molecular formula is C31H70N4+2. The first-order valence-corrected chi connectivity index (χ1v) is 15.3. The van der Waals surface area contributed by atoms with Crippen molar-refractivity contribution in [2.45, 2.75) is 98.3 Å². The topological polar surface area (TPSA) is 6.48 Å². The summed E-state index contributed by atoms with van der Waals surface area (Å²) in [6, 6.07) is 0. The lowest BCUT2D eigenvalue weighted by Gasteiger charge is -2.27. The molecule has 0 aromatic rings. The lowest BCUT2D eigenvalue weighted by atomic mass is 10.1. The maximum absolute atomic E-state index is 2.79. The van der Waals surface area contributed by atoms with Crippen LogP contribution >= 0.6 is 0 Å². The van der Waals surface area contributed by atoms with Gasteiger partial charge in [-0.15, -0.1) is 0 Å². The van der Waals surface area contributed by atoms with Crippen LogP contribution in [0.25, 0.3) is 0 Å². The number of quaternary nitrogens is 2. The zero-order valence-corrected chi connectivity index (χ0v) is 26.4. The molecular weight excluding hydrogens is 428 g/mol. The Morgan fingerprint density at radius 1 is 0.400 bits per heavy atom. The van der Waals surface area contributed by atoms with E-state index in [1.807, 2.05) is 0 Å². The van der Waals surface area contributed by atoms with Gasteiger partial charge in [0.2, 0.25) is 0 Å². The van der Waals surface area contributed by atoms with Crippen LogP contribution in [0.2, 0.25) is 0 Å². The van der Waals surface area contributed by atoms with Crippen LogP contribution in [-0.4, -0.2) is 113 Å². The quantitative estimate of drug-likeness (QED) is 0.109. The van der Waals surface area contributed by atoms with E-state index in [1.54, 1.807) is 0 Å². The second-order valence-corrected chi connectivity index (χ2v) is 14.3. The molecule has 0 saturated heterocycles. The Kier molecular flexibility index (Phi) is 19.8. The van der Waals surface area contributed by atoms with Crippen LogP contribution < -0.4 is 0 Å². The molecule has 0 amide bonds. The summed E-state index contributed by atoms with van der Waals surface area (Å²) in [5, 5.41) is 0. The largest absolute Gasteiger partial charge is 0.331 e. The van der Waals surface area contributed by atoms with Gasteiger partial charge in [0.1, 0.15) is 0 Å². The van der Waals surface area contributed by atoms with E-state index in [0.29, 0.717) is 0 Å². The summed E-state index contributed by atoms with van der Waals surface area (Å²) in [6.07, 6.45) is 15.0. The summed E-state index contributed by atoms with van der Waals surface area (Å²) in [5.41, 5.74) is 0. The molecule has 212 valence electrons. The molecule has 0 aromatic carbocycles. The van der Waals surface area contributed by atoms with Gasteiger partial charge in [-0.1, -0.05) is 27.7 Å². The van der Waals surface area contributed by atoms with Gasteiger partial charge >= 0.3 is 0 Å². The van der Waals surface area contributed by atoms with Crippen molar-refractivity contribution in [1.82, 2.24) is 9.80 Å². The standard InChI is InChI=1S/C31H70N4/c1-30(2)20-17-24-32(22-13-11-15-28-34(5,6)7)26-19-27-33(25-18-21-31(3)4)23-14-12-16-29-35(8,9)10/h30-31H,11-29H2,1-10H3/q+2. The minimum Gasteiger partial charge on any atom is -0.331 e. The smallest absolute Gasteiger partial charge is 0.0780 e. The first-order chi connectivity index (χ1) is 16.3. The third-order valence-electron chi connectivity index (χ3n) is 7.07. The summed E-state index contributed by atoms with van der Waals surface area (Å²) < 4.78 is 2.19. The molecule has 0 radical (unpaired) electrons. The van der Waals surface area contributed by atoms with Crippen LogP contribution in [0.5, 0.6) is 0 Å². The van der Waals surface area contributed by atoms with Gasteiger partial charge in [-0.3, -0.25) is 0 Å². The number of nitrogens with zero attached hydrogens (tertiary/aromatic N) is 4. The Balaban J connectivity index is 4.52. The first kappa shape index (κ1) is 34.8. The normalized spacial score (nSPS) is 13.2. The van der Waals surface area contributed by atoms with Crippen molar-refractivity contribution in [3.8, 4) is 0 Å². The number of hydrogen-bond acceptors (Lipinski definition) is 2. The van der Waals surface area contributed by atoms with Gasteiger partial charge in [0.15, 0.2) is 0 Å². The highest BCUT2D eigenvalue weighted by atomic mass is 15.3. The third-order valence-corrected chi connectivity index (χ3v) is 7.07. The van der Waals surface area contributed by atoms with Crippen molar-refractivity contribution >= 4 is 0 Å². The fraction of sp³-hybridized carbons (Fsp3) is 1.00. The van der Waals surface area contributed by atoms with Crippen molar-refractivity contribution in [3.63, 3.8) is 0 Å². The van der Waals surface area contributed by atoms with Gasteiger partial charge in [0.05, 0.1) is 55.4 Å². The fourth-order valence-corrected chi connectivity index (χ4v) is 4.83. The number of hydrogen-bond donors (Lipinski definition) is 0. The summed E-state index contributed by atoms with van der Waals surface area (Å²) in [6.45, 7) is 19.8. The van der Waals surface area contributed by atoms with E-state index < -0.39 is 0 Å². The molecule has 4 heteroatoms. The highest BCUT2D eigenvalue weighted by Crippen LogP contribution is 2.11. The molecule has 0 bridgehead atoms. The van der Waals surface area contributed by atoms with E-state index in [0.717, 1.165) is 20.8 Å². The summed E-state index contributed by atoms with van der Waals surface area (Å²) >= 11 is 0. The minimum absolute atomic E-state index is 0.829. The predicted molar refractivity (Wildman–Crippen MR) is 159 cm³/mol. The molecule has 0 aliphatic carbocycles. The number of rotatable bonds is 24. The summed E-state index contributed by atoms with van der Waals surface area (Å²) in [7, 11) is 13.9. The fourth-order valence-electron chi connectivity index (χ4n) is 4.83. The molecule has 4 nitrogen and oxygen atoms in total. The zero-order valence-electron chi connectivity index (χ0n) is 26.4. The summed E-state index contributed by atoms with van der Waals surface area (Å²) in [5.74, 6) is 1.66. The van der Waals surface area contributed by atoms with Crippen LogP contribution in [-0.2, 0) is 0 Å². The van der Waals surface area contributed by atoms with E-state index in [9.17, 15) is 0 Å². The van der Waals surface area contributed by atoms with E-state index in [1.165, 1.54) is 123 Å². The molecule has 0 heterocycles. The predicted octanol–water partition coefficient (Wildman–Crippen LogP) is 6.61. The SMILES string of the molecule is CC(C)CCCN(CCCCC[N+](C)(C)C)CCCN(CCCCC[N+](C)(C)C)CCCC(C)C. The van der Waals surface area contributed by atoms with E-state index in [4.69, 9.17) is 0 Å².